The minimum Gasteiger partial charge on any atom is -0.352 e. The van der Waals surface area contributed by atoms with Crippen LogP contribution in [0, 0.1) is 5.92 Å². The van der Waals surface area contributed by atoms with Crippen LogP contribution in [0.4, 0.5) is 0 Å². The van der Waals surface area contributed by atoms with Crippen molar-refractivity contribution in [2.24, 2.45) is 10.9 Å². The van der Waals surface area contributed by atoms with Gasteiger partial charge < -0.3 is 10.2 Å². The van der Waals surface area contributed by atoms with Crippen LogP contribution < -0.4 is 5.32 Å². The number of hydrogen-bond donors (Lipinski definition) is 1. The third-order valence-electron chi connectivity index (χ3n) is 3.40. The summed E-state index contributed by atoms with van der Waals surface area (Å²) in [7, 11) is 0. The van der Waals surface area contributed by atoms with Gasteiger partial charge in [0.25, 0.3) is 0 Å². The van der Waals surface area contributed by atoms with Gasteiger partial charge in [-0.1, -0.05) is 30.3 Å². The lowest BCUT2D eigenvalue weighted by molar-refractivity contribution is 0.421. The average Bonchev–Trinajstić information content (AvgIpc) is 3.07. The maximum Gasteiger partial charge on any atom is 0.194 e. The van der Waals surface area contributed by atoms with Crippen molar-refractivity contribution in [2.45, 2.75) is 19.4 Å². The number of nitrogens with zero attached hydrogens (tertiary/aromatic N) is 2. The highest BCUT2D eigenvalue weighted by Crippen LogP contribution is 2.30. The van der Waals surface area contributed by atoms with Gasteiger partial charge in [-0.3, -0.25) is 4.99 Å². The molecule has 0 bridgehead atoms. The molecule has 0 aromatic heterocycles. The first-order valence-corrected chi connectivity index (χ1v) is 6.49. The molecule has 3 heteroatoms. The van der Waals surface area contributed by atoms with E-state index in [-0.39, 0.29) is 0 Å². The number of benzene rings is 1. The van der Waals surface area contributed by atoms with Crippen molar-refractivity contribution in [1.82, 2.24) is 10.2 Å². The molecule has 0 saturated heterocycles. The molecule has 3 rings (SSSR count). The average molecular weight is 229 g/mol. The summed E-state index contributed by atoms with van der Waals surface area (Å²) in [6.45, 7) is 4.11. The molecule has 0 unspecified atom stereocenters. The molecule has 0 amide bonds. The molecule has 0 radical (unpaired) electrons. The smallest absolute Gasteiger partial charge is 0.194 e. The maximum atomic E-state index is 4.54. The molecule has 17 heavy (non-hydrogen) atoms. The van der Waals surface area contributed by atoms with Crippen molar-refractivity contribution < 1.29 is 0 Å². The molecule has 1 heterocycles. The van der Waals surface area contributed by atoms with E-state index in [1.165, 1.54) is 24.9 Å². The van der Waals surface area contributed by atoms with Crippen LogP contribution in [0.25, 0.3) is 0 Å². The summed E-state index contributed by atoms with van der Waals surface area (Å²) in [5.41, 5.74) is 1.31. The zero-order chi connectivity index (χ0) is 11.5. The number of aliphatic imine (C=N–C) groups is 1. The van der Waals surface area contributed by atoms with Crippen LogP contribution in [0.5, 0.6) is 0 Å². The molecule has 0 spiro atoms. The van der Waals surface area contributed by atoms with E-state index in [1.807, 2.05) is 0 Å². The number of hydrogen-bond acceptors (Lipinski definition) is 3. The molecule has 1 aliphatic heterocycles. The summed E-state index contributed by atoms with van der Waals surface area (Å²) in [5.74, 6) is 2.03. The first-order chi connectivity index (χ1) is 8.42. The van der Waals surface area contributed by atoms with E-state index in [4.69, 9.17) is 0 Å². The first-order valence-electron chi connectivity index (χ1n) is 6.49. The van der Waals surface area contributed by atoms with Gasteiger partial charge in [-0.05, 0) is 24.3 Å². The van der Waals surface area contributed by atoms with Crippen LogP contribution in [-0.2, 0) is 6.54 Å². The van der Waals surface area contributed by atoms with E-state index in [0.29, 0.717) is 0 Å². The van der Waals surface area contributed by atoms with Crippen LogP contribution in [0.2, 0.25) is 0 Å². The molecule has 1 fully saturated rings. The number of guanidine groups is 1. The monoisotopic (exact) mass is 229 g/mol. The Morgan fingerprint density at radius 3 is 2.82 bits per heavy atom. The molecule has 90 valence electrons. The predicted octanol–water partition coefficient (Wildman–Crippen LogP) is 1.86. The lowest BCUT2D eigenvalue weighted by atomic mass is 10.2. The molecular formula is C14H19N3. The summed E-state index contributed by atoms with van der Waals surface area (Å²) in [6, 6.07) is 10.5. The van der Waals surface area contributed by atoms with Gasteiger partial charge in [-0.15, -0.1) is 0 Å². The van der Waals surface area contributed by atoms with Gasteiger partial charge in [-0.2, -0.15) is 0 Å². The van der Waals surface area contributed by atoms with Gasteiger partial charge in [0.1, 0.15) is 0 Å². The third kappa shape index (κ3) is 2.78. The summed E-state index contributed by atoms with van der Waals surface area (Å²) >= 11 is 0. The van der Waals surface area contributed by atoms with Crippen LogP contribution in [0.1, 0.15) is 18.4 Å². The Balaban J connectivity index is 1.53. The van der Waals surface area contributed by atoms with Crippen molar-refractivity contribution in [3.05, 3.63) is 35.9 Å². The fourth-order valence-electron chi connectivity index (χ4n) is 2.22. The maximum absolute atomic E-state index is 4.54. The van der Waals surface area contributed by atoms with Gasteiger partial charge in [0.2, 0.25) is 0 Å². The molecule has 1 N–H and O–H groups in total. The van der Waals surface area contributed by atoms with Crippen molar-refractivity contribution in [1.29, 1.82) is 0 Å². The number of rotatable bonds is 4. The SMILES string of the molecule is c1ccc(CNC2=NCCN2CC2CC2)cc1. The summed E-state index contributed by atoms with van der Waals surface area (Å²) in [5, 5.41) is 3.46. The normalized spacial score (nSPS) is 19.3. The Labute approximate surface area is 103 Å². The molecule has 3 nitrogen and oxygen atoms in total. The highest BCUT2D eigenvalue weighted by Gasteiger charge is 2.27. The molecule has 1 saturated carbocycles. The van der Waals surface area contributed by atoms with Crippen molar-refractivity contribution in [3.8, 4) is 0 Å². The second-order valence-electron chi connectivity index (χ2n) is 4.93. The highest BCUT2D eigenvalue weighted by molar-refractivity contribution is 5.81. The van der Waals surface area contributed by atoms with E-state index < -0.39 is 0 Å². The van der Waals surface area contributed by atoms with Crippen LogP contribution in [-0.4, -0.2) is 30.5 Å². The Bertz CT molecular complexity index is 395. The molecule has 0 atom stereocenters. The van der Waals surface area contributed by atoms with Crippen LogP contribution >= 0.6 is 0 Å². The van der Waals surface area contributed by atoms with Gasteiger partial charge in [0.05, 0.1) is 6.54 Å². The van der Waals surface area contributed by atoms with Crippen molar-refractivity contribution in [2.75, 3.05) is 19.6 Å². The largest absolute Gasteiger partial charge is 0.352 e. The van der Waals surface area contributed by atoms with Gasteiger partial charge in [0.15, 0.2) is 5.96 Å². The fraction of sp³-hybridized carbons (Fsp3) is 0.500. The summed E-state index contributed by atoms with van der Waals surface area (Å²) in [6.07, 6.45) is 2.81. The van der Waals surface area contributed by atoms with Gasteiger partial charge in [-0.25, -0.2) is 0 Å². The van der Waals surface area contributed by atoms with Crippen LogP contribution in [0.15, 0.2) is 35.3 Å². The highest BCUT2D eigenvalue weighted by atomic mass is 15.3. The second kappa shape index (κ2) is 4.78. The second-order valence-corrected chi connectivity index (χ2v) is 4.93. The predicted molar refractivity (Wildman–Crippen MR) is 69.9 cm³/mol. The van der Waals surface area contributed by atoms with Gasteiger partial charge >= 0.3 is 0 Å². The summed E-state index contributed by atoms with van der Waals surface area (Å²) < 4.78 is 0. The minimum atomic E-state index is 0.876. The zero-order valence-electron chi connectivity index (χ0n) is 10.1. The van der Waals surface area contributed by atoms with E-state index in [2.05, 4.69) is 45.5 Å². The molecule has 1 aliphatic carbocycles. The first kappa shape index (κ1) is 10.6. The molecular weight excluding hydrogens is 210 g/mol. The topological polar surface area (TPSA) is 27.6 Å². The fourth-order valence-corrected chi connectivity index (χ4v) is 2.22. The quantitative estimate of drug-likeness (QED) is 0.853. The van der Waals surface area contributed by atoms with Crippen molar-refractivity contribution >= 4 is 5.96 Å². The van der Waals surface area contributed by atoms with Crippen LogP contribution in [0.3, 0.4) is 0 Å². The van der Waals surface area contributed by atoms with Crippen molar-refractivity contribution in [3.63, 3.8) is 0 Å². The molecule has 1 aromatic carbocycles. The Hall–Kier alpha value is -1.51. The molecule has 2 aliphatic rings. The lowest BCUT2D eigenvalue weighted by Crippen LogP contribution is -2.39. The van der Waals surface area contributed by atoms with Gasteiger partial charge in [0, 0.05) is 19.6 Å². The molecule has 1 aromatic rings. The van der Waals surface area contributed by atoms with E-state index in [9.17, 15) is 0 Å². The van der Waals surface area contributed by atoms with E-state index in [0.717, 1.165) is 31.5 Å². The Kier molecular flexibility index (Phi) is 2.99. The zero-order valence-corrected chi connectivity index (χ0v) is 10.1. The Morgan fingerprint density at radius 2 is 2.06 bits per heavy atom. The number of nitrogens with one attached hydrogen (secondary N) is 1. The minimum absolute atomic E-state index is 0.876. The lowest BCUT2D eigenvalue weighted by Gasteiger charge is -2.20. The standard InChI is InChI=1S/C14H19N3/c1-2-4-12(5-3-1)10-16-14-15-8-9-17(14)11-13-6-7-13/h1-5,13H,6-11H2,(H,15,16). The Morgan fingerprint density at radius 1 is 1.24 bits per heavy atom. The summed E-state index contributed by atoms with van der Waals surface area (Å²) in [4.78, 5) is 6.95. The van der Waals surface area contributed by atoms with E-state index in [1.54, 1.807) is 0 Å². The van der Waals surface area contributed by atoms with E-state index >= 15 is 0 Å². The third-order valence-corrected chi connectivity index (χ3v) is 3.40.